The topological polar surface area (TPSA) is 76.5 Å². The van der Waals surface area contributed by atoms with E-state index in [2.05, 4.69) is 10.3 Å². The van der Waals surface area contributed by atoms with E-state index in [0.717, 1.165) is 17.1 Å². The van der Waals surface area contributed by atoms with E-state index in [9.17, 15) is 9.59 Å². The molecule has 0 radical (unpaired) electrons. The smallest absolute Gasteiger partial charge is 0.242 e. The van der Waals surface area contributed by atoms with Crippen molar-refractivity contribution in [2.24, 2.45) is 0 Å². The highest BCUT2D eigenvalue weighted by Gasteiger charge is 2.32. The van der Waals surface area contributed by atoms with Crippen molar-refractivity contribution >= 4 is 11.8 Å². The second-order valence-corrected chi connectivity index (χ2v) is 5.68. The number of aromatic nitrogens is 2. The highest BCUT2D eigenvalue weighted by atomic mass is 16.5. The summed E-state index contributed by atoms with van der Waals surface area (Å²) in [6, 6.07) is 7.50. The second kappa shape index (κ2) is 6.74. The standard InChI is InChI=1S/C17H20N4O3/c1-12(22)19-9-17(23)21-11-16-18-7-8-20(16)10-14(21)13-5-3-4-6-15(13)24-2/h3-8,14H,9-11H2,1-2H3,(H,19,22)/t14-/m1/s1. The van der Waals surface area contributed by atoms with Gasteiger partial charge in [-0.2, -0.15) is 0 Å². The van der Waals surface area contributed by atoms with Crippen molar-refractivity contribution in [1.82, 2.24) is 19.8 Å². The third-order valence-electron chi connectivity index (χ3n) is 4.17. The zero-order valence-electron chi connectivity index (χ0n) is 13.7. The van der Waals surface area contributed by atoms with E-state index in [4.69, 9.17) is 4.74 Å². The summed E-state index contributed by atoms with van der Waals surface area (Å²) in [5.74, 6) is 1.20. The monoisotopic (exact) mass is 328 g/mol. The van der Waals surface area contributed by atoms with Crippen LogP contribution in [0.15, 0.2) is 36.7 Å². The van der Waals surface area contributed by atoms with Gasteiger partial charge in [0, 0.05) is 31.4 Å². The van der Waals surface area contributed by atoms with Crippen LogP contribution in [0.5, 0.6) is 5.75 Å². The number of para-hydroxylation sites is 1. The number of hydrogen-bond donors (Lipinski definition) is 1. The number of hydrogen-bond acceptors (Lipinski definition) is 4. The molecule has 2 heterocycles. The lowest BCUT2D eigenvalue weighted by molar-refractivity contribution is -0.136. The van der Waals surface area contributed by atoms with Crippen LogP contribution in [0.3, 0.4) is 0 Å². The van der Waals surface area contributed by atoms with Crippen molar-refractivity contribution in [3.05, 3.63) is 48.0 Å². The third-order valence-corrected chi connectivity index (χ3v) is 4.17. The number of fused-ring (bicyclic) bond motifs is 1. The second-order valence-electron chi connectivity index (χ2n) is 5.68. The molecule has 0 saturated heterocycles. The predicted octanol–water partition coefficient (Wildman–Crippen LogP) is 1.11. The molecule has 0 spiro atoms. The lowest BCUT2D eigenvalue weighted by atomic mass is 10.0. The van der Waals surface area contributed by atoms with Crippen LogP contribution in [0, 0.1) is 0 Å². The molecule has 0 fully saturated rings. The molecule has 0 bridgehead atoms. The Balaban J connectivity index is 1.94. The van der Waals surface area contributed by atoms with Gasteiger partial charge in [0.2, 0.25) is 11.8 Å². The number of nitrogens with zero attached hydrogens (tertiary/aromatic N) is 3. The molecule has 0 unspecified atom stereocenters. The maximum Gasteiger partial charge on any atom is 0.242 e. The Labute approximate surface area is 140 Å². The molecule has 1 aliphatic heterocycles. The van der Waals surface area contributed by atoms with Crippen molar-refractivity contribution in [3.63, 3.8) is 0 Å². The quantitative estimate of drug-likeness (QED) is 0.912. The first kappa shape index (κ1) is 16.0. The van der Waals surface area contributed by atoms with E-state index < -0.39 is 0 Å². The van der Waals surface area contributed by atoms with Crippen LogP contribution < -0.4 is 10.1 Å². The van der Waals surface area contributed by atoms with Gasteiger partial charge in [0.15, 0.2) is 0 Å². The van der Waals surface area contributed by atoms with Crippen LogP contribution in [0.25, 0.3) is 0 Å². The first-order chi connectivity index (χ1) is 11.6. The molecule has 2 amide bonds. The third kappa shape index (κ3) is 3.10. The molecular formula is C17H20N4O3. The van der Waals surface area contributed by atoms with Crippen LogP contribution >= 0.6 is 0 Å². The summed E-state index contributed by atoms with van der Waals surface area (Å²) in [5, 5.41) is 2.57. The summed E-state index contributed by atoms with van der Waals surface area (Å²) < 4.78 is 7.50. The van der Waals surface area contributed by atoms with Gasteiger partial charge in [-0.05, 0) is 6.07 Å². The van der Waals surface area contributed by atoms with Crippen molar-refractivity contribution in [2.45, 2.75) is 26.1 Å². The van der Waals surface area contributed by atoms with Crippen molar-refractivity contribution in [3.8, 4) is 5.75 Å². The Morgan fingerprint density at radius 1 is 1.38 bits per heavy atom. The Hall–Kier alpha value is -2.83. The maximum atomic E-state index is 12.7. The van der Waals surface area contributed by atoms with Crippen molar-refractivity contribution in [2.75, 3.05) is 13.7 Å². The zero-order valence-corrected chi connectivity index (χ0v) is 13.7. The van der Waals surface area contributed by atoms with E-state index in [1.54, 1.807) is 18.2 Å². The molecular weight excluding hydrogens is 308 g/mol. The molecule has 7 nitrogen and oxygen atoms in total. The number of nitrogens with one attached hydrogen (secondary N) is 1. The van der Waals surface area contributed by atoms with Gasteiger partial charge in [0.05, 0.1) is 26.2 Å². The molecule has 7 heteroatoms. The molecule has 2 aromatic rings. The van der Waals surface area contributed by atoms with Crippen LogP contribution in [-0.2, 0) is 22.7 Å². The average Bonchev–Trinajstić information content (AvgIpc) is 3.05. The van der Waals surface area contributed by atoms with Gasteiger partial charge < -0.3 is 19.5 Å². The SMILES string of the molecule is COc1ccccc1[C@H]1Cn2ccnc2CN1C(=O)CNC(C)=O. The predicted molar refractivity (Wildman–Crippen MR) is 87.2 cm³/mol. The minimum Gasteiger partial charge on any atom is -0.496 e. The molecule has 1 aromatic carbocycles. The van der Waals surface area contributed by atoms with E-state index >= 15 is 0 Å². The van der Waals surface area contributed by atoms with Gasteiger partial charge in [0.25, 0.3) is 0 Å². The molecule has 0 saturated carbocycles. The molecule has 1 N–H and O–H groups in total. The normalized spacial score (nSPS) is 16.4. The summed E-state index contributed by atoms with van der Waals surface area (Å²) in [6.45, 7) is 2.37. The fourth-order valence-electron chi connectivity index (χ4n) is 2.98. The van der Waals surface area contributed by atoms with Gasteiger partial charge in [-0.1, -0.05) is 18.2 Å². The van der Waals surface area contributed by atoms with Crippen LogP contribution in [0.1, 0.15) is 24.4 Å². The molecule has 1 atom stereocenters. The Morgan fingerprint density at radius 2 is 2.17 bits per heavy atom. The van der Waals surface area contributed by atoms with Crippen LogP contribution in [-0.4, -0.2) is 39.9 Å². The number of methoxy groups -OCH3 is 1. The van der Waals surface area contributed by atoms with Crippen molar-refractivity contribution in [1.29, 1.82) is 0 Å². The Kier molecular flexibility index (Phi) is 4.50. The molecule has 3 rings (SSSR count). The lowest BCUT2D eigenvalue weighted by Crippen LogP contribution is -2.45. The molecule has 1 aliphatic rings. The molecule has 24 heavy (non-hydrogen) atoms. The minimum absolute atomic E-state index is 0.0261. The number of rotatable bonds is 4. The highest BCUT2D eigenvalue weighted by Crippen LogP contribution is 2.34. The van der Waals surface area contributed by atoms with Gasteiger partial charge in [-0.25, -0.2) is 4.98 Å². The Morgan fingerprint density at radius 3 is 2.92 bits per heavy atom. The maximum absolute atomic E-state index is 12.7. The minimum atomic E-state index is -0.226. The summed E-state index contributed by atoms with van der Waals surface area (Å²) >= 11 is 0. The first-order valence-corrected chi connectivity index (χ1v) is 7.77. The number of amides is 2. The number of benzene rings is 1. The van der Waals surface area contributed by atoms with Gasteiger partial charge in [0.1, 0.15) is 11.6 Å². The largest absolute Gasteiger partial charge is 0.496 e. The van der Waals surface area contributed by atoms with E-state index in [0.29, 0.717) is 13.1 Å². The van der Waals surface area contributed by atoms with E-state index in [-0.39, 0.29) is 24.4 Å². The lowest BCUT2D eigenvalue weighted by Gasteiger charge is -2.37. The van der Waals surface area contributed by atoms with Crippen LogP contribution in [0.2, 0.25) is 0 Å². The number of imidazole rings is 1. The Bertz CT molecular complexity index is 756. The van der Waals surface area contributed by atoms with Crippen molar-refractivity contribution < 1.29 is 14.3 Å². The van der Waals surface area contributed by atoms with Gasteiger partial charge in [-0.15, -0.1) is 0 Å². The fraction of sp³-hybridized carbons (Fsp3) is 0.353. The average molecular weight is 328 g/mol. The van der Waals surface area contributed by atoms with Gasteiger partial charge >= 0.3 is 0 Å². The summed E-state index contributed by atoms with van der Waals surface area (Å²) in [7, 11) is 1.62. The first-order valence-electron chi connectivity index (χ1n) is 7.77. The summed E-state index contributed by atoms with van der Waals surface area (Å²) in [6.07, 6.45) is 3.64. The number of carbonyl (C=O) groups excluding carboxylic acids is 2. The summed E-state index contributed by atoms with van der Waals surface area (Å²) in [5.41, 5.74) is 0.940. The zero-order chi connectivity index (χ0) is 17.1. The molecule has 126 valence electrons. The fourth-order valence-corrected chi connectivity index (χ4v) is 2.98. The van der Waals surface area contributed by atoms with E-state index in [1.807, 2.05) is 35.0 Å². The molecule has 0 aliphatic carbocycles. The molecule has 1 aromatic heterocycles. The van der Waals surface area contributed by atoms with Crippen LogP contribution in [0.4, 0.5) is 0 Å². The summed E-state index contributed by atoms with van der Waals surface area (Å²) in [4.78, 5) is 29.8. The van der Waals surface area contributed by atoms with Gasteiger partial charge in [-0.3, -0.25) is 9.59 Å². The highest BCUT2D eigenvalue weighted by molar-refractivity contribution is 5.84. The number of ether oxygens (including phenoxy) is 1. The number of carbonyl (C=O) groups is 2. The van der Waals surface area contributed by atoms with E-state index in [1.165, 1.54) is 6.92 Å².